The Morgan fingerprint density at radius 3 is 2.65 bits per heavy atom. The predicted molar refractivity (Wildman–Crippen MR) is 81.0 cm³/mol. The zero-order chi connectivity index (χ0) is 14.9. The lowest BCUT2D eigenvalue weighted by atomic mass is 9.64. The van der Waals surface area contributed by atoms with Crippen LogP contribution in [0.1, 0.15) is 34.1 Å². The summed E-state index contributed by atoms with van der Waals surface area (Å²) in [6, 6.07) is 4.06. The van der Waals surface area contributed by atoms with Gasteiger partial charge in [-0.15, -0.1) is 0 Å². The van der Waals surface area contributed by atoms with Gasteiger partial charge in [0, 0.05) is 18.6 Å². The molecule has 2 unspecified atom stereocenters. The topological polar surface area (TPSA) is 69.4 Å². The van der Waals surface area contributed by atoms with E-state index in [0.717, 1.165) is 12.2 Å². The van der Waals surface area contributed by atoms with Crippen LogP contribution in [0.25, 0.3) is 0 Å². The van der Waals surface area contributed by atoms with Crippen molar-refractivity contribution in [2.75, 3.05) is 18.2 Å². The second-order valence-electron chi connectivity index (χ2n) is 6.24. The summed E-state index contributed by atoms with van der Waals surface area (Å²) < 4.78 is 11.1. The molecule has 1 fully saturated rings. The molecule has 0 saturated heterocycles. The van der Waals surface area contributed by atoms with E-state index in [4.69, 9.17) is 15.2 Å². The van der Waals surface area contributed by atoms with Crippen LogP contribution in [0.15, 0.2) is 12.1 Å². The fourth-order valence-corrected chi connectivity index (χ4v) is 2.56. The molecule has 1 aliphatic rings. The van der Waals surface area contributed by atoms with Crippen LogP contribution in [-0.4, -0.2) is 30.3 Å². The van der Waals surface area contributed by atoms with E-state index in [9.17, 15) is 0 Å². The molecular formula is C15H25N3O2. The number of ether oxygens (including phenoxy) is 2. The normalized spacial score (nSPS) is 24.3. The van der Waals surface area contributed by atoms with E-state index in [0.29, 0.717) is 23.7 Å². The summed E-state index contributed by atoms with van der Waals surface area (Å²) in [6.07, 6.45) is 1.33. The van der Waals surface area contributed by atoms with Crippen LogP contribution in [0, 0.1) is 5.41 Å². The number of nitrogen functional groups attached to an aromatic ring is 1. The van der Waals surface area contributed by atoms with E-state index in [1.54, 1.807) is 7.11 Å². The Bertz CT molecular complexity index is 474. The predicted octanol–water partition coefficient (Wildman–Crippen LogP) is 2.68. The van der Waals surface area contributed by atoms with Gasteiger partial charge in [0.25, 0.3) is 0 Å². The number of hydrogen-bond donors (Lipinski definition) is 2. The Morgan fingerprint density at radius 1 is 1.40 bits per heavy atom. The largest absolute Gasteiger partial charge is 0.473 e. The molecule has 1 aliphatic carbocycles. The van der Waals surface area contributed by atoms with Crippen molar-refractivity contribution in [1.82, 2.24) is 4.98 Å². The molecule has 5 nitrogen and oxygen atoms in total. The van der Waals surface area contributed by atoms with E-state index < -0.39 is 0 Å². The Kier molecular flexibility index (Phi) is 4.09. The Hall–Kier alpha value is -1.49. The average molecular weight is 279 g/mol. The van der Waals surface area contributed by atoms with Crippen LogP contribution in [0.2, 0.25) is 0 Å². The van der Waals surface area contributed by atoms with Gasteiger partial charge in [-0.05, 0) is 32.4 Å². The number of nitrogens with zero attached hydrogens (tertiary/aromatic N) is 1. The van der Waals surface area contributed by atoms with Gasteiger partial charge in [-0.1, -0.05) is 13.8 Å². The number of pyridine rings is 1. The van der Waals surface area contributed by atoms with Crippen molar-refractivity contribution in [1.29, 1.82) is 0 Å². The second-order valence-corrected chi connectivity index (χ2v) is 6.24. The molecule has 20 heavy (non-hydrogen) atoms. The first-order chi connectivity index (χ1) is 9.34. The summed E-state index contributed by atoms with van der Waals surface area (Å²) in [4.78, 5) is 4.45. The molecule has 2 rings (SSSR count). The summed E-state index contributed by atoms with van der Waals surface area (Å²) in [5, 5.41) is 3.45. The van der Waals surface area contributed by atoms with Gasteiger partial charge in [0.1, 0.15) is 5.82 Å². The highest BCUT2D eigenvalue weighted by molar-refractivity contribution is 5.54. The maximum Gasteiger partial charge on any atom is 0.239 e. The summed E-state index contributed by atoms with van der Waals surface area (Å²) in [5.41, 5.74) is 6.53. The molecule has 1 saturated carbocycles. The van der Waals surface area contributed by atoms with Crippen LogP contribution in [0.4, 0.5) is 11.5 Å². The monoisotopic (exact) mass is 279 g/mol. The maximum absolute atomic E-state index is 5.88. The van der Waals surface area contributed by atoms with Gasteiger partial charge in [0.2, 0.25) is 5.88 Å². The van der Waals surface area contributed by atoms with Gasteiger partial charge in [0.05, 0.1) is 17.9 Å². The highest BCUT2D eigenvalue weighted by Gasteiger charge is 2.48. The fourth-order valence-electron chi connectivity index (χ4n) is 2.56. The number of nitrogens with two attached hydrogens (primary N) is 1. The number of aromatic nitrogens is 1. The van der Waals surface area contributed by atoms with Crippen LogP contribution in [0.3, 0.4) is 0 Å². The van der Waals surface area contributed by atoms with Crippen LogP contribution in [-0.2, 0) is 4.74 Å². The first-order valence-corrected chi connectivity index (χ1v) is 7.07. The summed E-state index contributed by atoms with van der Waals surface area (Å²) in [5.74, 6) is 1.29. The van der Waals surface area contributed by atoms with E-state index in [1.807, 2.05) is 26.0 Å². The van der Waals surface area contributed by atoms with Crippen LogP contribution in [0.5, 0.6) is 5.88 Å². The Balaban J connectivity index is 2.07. The van der Waals surface area contributed by atoms with Crippen LogP contribution < -0.4 is 15.8 Å². The molecule has 1 aromatic rings. The number of nitrogens with one attached hydrogen (secondary N) is 1. The smallest absolute Gasteiger partial charge is 0.239 e. The Labute approximate surface area is 120 Å². The lowest BCUT2D eigenvalue weighted by Crippen LogP contribution is -2.57. The summed E-state index contributed by atoms with van der Waals surface area (Å²) in [6.45, 7) is 8.31. The number of rotatable bonds is 5. The van der Waals surface area contributed by atoms with Gasteiger partial charge in [-0.25, -0.2) is 0 Å². The fraction of sp³-hybridized carbons (Fsp3) is 0.667. The molecule has 112 valence electrons. The third-order valence-electron chi connectivity index (χ3n) is 4.02. The third kappa shape index (κ3) is 2.82. The Morgan fingerprint density at radius 2 is 2.10 bits per heavy atom. The maximum atomic E-state index is 5.88. The molecule has 0 aromatic carbocycles. The van der Waals surface area contributed by atoms with E-state index in [-0.39, 0.29) is 11.5 Å². The second kappa shape index (κ2) is 5.48. The quantitative estimate of drug-likeness (QED) is 0.867. The molecule has 0 bridgehead atoms. The van der Waals surface area contributed by atoms with Crippen molar-refractivity contribution in [2.24, 2.45) is 5.41 Å². The molecule has 0 spiro atoms. The van der Waals surface area contributed by atoms with Crippen LogP contribution >= 0.6 is 0 Å². The van der Waals surface area contributed by atoms with Crippen molar-refractivity contribution < 1.29 is 9.47 Å². The van der Waals surface area contributed by atoms with Gasteiger partial charge >= 0.3 is 0 Å². The zero-order valence-corrected chi connectivity index (χ0v) is 12.9. The highest BCUT2D eigenvalue weighted by atomic mass is 16.5. The standard InChI is InChI=1S/C15H25N3O2/c1-9(2)20-14-10(16)6-7-13(18-14)17-11-8-12(19-5)15(11,3)4/h6-7,9,11-12H,8,16H2,1-5H3,(H,17,18). The van der Waals surface area contributed by atoms with Crippen molar-refractivity contribution >= 4 is 11.5 Å². The first-order valence-electron chi connectivity index (χ1n) is 7.07. The minimum absolute atomic E-state index is 0.0538. The number of methoxy groups -OCH3 is 1. The number of hydrogen-bond acceptors (Lipinski definition) is 5. The first kappa shape index (κ1) is 14.9. The van der Waals surface area contributed by atoms with Crippen molar-refractivity contribution in [3.05, 3.63) is 12.1 Å². The zero-order valence-electron chi connectivity index (χ0n) is 12.9. The molecule has 5 heteroatoms. The SMILES string of the molecule is COC1CC(Nc2ccc(N)c(OC(C)C)n2)C1(C)C. The minimum atomic E-state index is 0.0538. The van der Waals surface area contributed by atoms with Crippen molar-refractivity contribution in [3.63, 3.8) is 0 Å². The van der Waals surface area contributed by atoms with Crippen molar-refractivity contribution in [3.8, 4) is 5.88 Å². The molecule has 1 aromatic heterocycles. The molecule has 3 N–H and O–H groups in total. The van der Waals surface area contributed by atoms with E-state index in [2.05, 4.69) is 24.1 Å². The van der Waals surface area contributed by atoms with Crippen molar-refractivity contribution in [2.45, 2.75) is 52.4 Å². The van der Waals surface area contributed by atoms with Gasteiger partial charge < -0.3 is 20.5 Å². The highest BCUT2D eigenvalue weighted by Crippen LogP contribution is 2.44. The molecule has 0 aliphatic heterocycles. The van der Waals surface area contributed by atoms with Gasteiger partial charge in [0.15, 0.2) is 0 Å². The van der Waals surface area contributed by atoms with E-state index in [1.165, 1.54) is 0 Å². The lowest BCUT2D eigenvalue weighted by molar-refractivity contribution is -0.0795. The average Bonchev–Trinajstić information content (AvgIpc) is 2.37. The lowest BCUT2D eigenvalue weighted by Gasteiger charge is -2.51. The number of anilines is 2. The van der Waals surface area contributed by atoms with E-state index >= 15 is 0 Å². The molecule has 2 atom stereocenters. The summed E-state index contributed by atoms with van der Waals surface area (Å²) >= 11 is 0. The summed E-state index contributed by atoms with van der Waals surface area (Å²) in [7, 11) is 1.76. The van der Waals surface area contributed by atoms with Gasteiger partial charge in [-0.3, -0.25) is 0 Å². The molecule has 0 radical (unpaired) electrons. The third-order valence-corrected chi connectivity index (χ3v) is 4.02. The minimum Gasteiger partial charge on any atom is -0.473 e. The molecule has 1 heterocycles. The molecular weight excluding hydrogens is 254 g/mol. The van der Waals surface area contributed by atoms with Gasteiger partial charge in [-0.2, -0.15) is 4.98 Å². The molecule has 0 amide bonds.